The molecule has 0 aromatic carbocycles. The van der Waals surface area contributed by atoms with Crippen molar-refractivity contribution in [3.05, 3.63) is 0 Å². The second-order valence-electron chi connectivity index (χ2n) is 2.95. The molecule has 5 atom stereocenters. The summed E-state index contributed by atoms with van der Waals surface area (Å²) in [6.07, 6.45) is -4.26. The van der Waals surface area contributed by atoms with Gasteiger partial charge in [-0.05, 0) is 0 Å². The molecule has 0 aromatic heterocycles. The zero-order valence-corrected chi connectivity index (χ0v) is 7.04. The SMILES string of the molecule is [2H]CO[C@H]1[C@H](O)[C@@H](CO)OC(O)[C@H]1N. The van der Waals surface area contributed by atoms with E-state index in [2.05, 4.69) is 0 Å². The van der Waals surface area contributed by atoms with E-state index < -0.39 is 37.3 Å². The first-order valence-electron chi connectivity index (χ1n) is 4.61. The normalized spacial score (nSPS) is 47.4. The van der Waals surface area contributed by atoms with Crippen molar-refractivity contribution in [1.82, 2.24) is 0 Å². The van der Waals surface area contributed by atoms with Gasteiger partial charge >= 0.3 is 0 Å². The first-order chi connectivity index (χ1) is 6.61. The van der Waals surface area contributed by atoms with Gasteiger partial charge in [0.1, 0.15) is 18.3 Å². The van der Waals surface area contributed by atoms with Gasteiger partial charge in [-0.2, -0.15) is 0 Å². The first kappa shape index (κ1) is 9.32. The van der Waals surface area contributed by atoms with Gasteiger partial charge in [-0.15, -0.1) is 0 Å². The van der Waals surface area contributed by atoms with Crippen LogP contribution in [-0.4, -0.2) is 59.7 Å². The summed E-state index contributed by atoms with van der Waals surface area (Å²) in [7, 11) is -0.375. The van der Waals surface area contributed by atoms with Crippen molar-refractivity contribution >= 4 is 0 Å². The number of rotatable bonds is 2. The first-order valence-corrected chi connectivity index (χ1v) is 3.90. The Morgan fingerprint density at radius 2 is 2.31 bits per heavy atom. The summed E-state index contributed by atoms with van der Waals surface area (Å²) >= 11 is 0. The monoisotopic (exact) mass is 194 g/mol. The zero-order valence-electron chi connectivity index (χ0n) is 8.04. The third-order valence-corrected chi connectivity index (χ3v) is 2.11. The molecule has 78 valence electrons. The number of methoxy groups -OCH3 is 1. The largest absolute Gasteiger partial charge is 0.394 e. The summed E-state index contributed by atoms with van der Waals surface area (Å²) in [6.45, 7) is -0.442. The van der Waals surface area contributed by atoms with Crippen LogP contribution in [0.25, 0.3) is 0 Å². The third-order valence-electron chi connectivity index (χ3n) is 2.11. The summed E-state index contributed by atoms with van der Waals surface area (Å²) in [6, 6.07) is -0.918. The molecule has 1 aliphatic heterocycles. The number of hydrogen-bond donors (Lipinski definition) is 4. The predicted octanol–water partition coefficient (Wildman–Crippen LogP) is -2.60. The van der Waals surface area contributed by atoms with E-state index in [9.17, 15) is 10.2 Å². The Labute approximate surface area is 77.3 Å². The Hall–Kier alpha value is -0.240. The van der Waals surface area contributed by atoms with Crippen LogP contribution in [0.2, 0.25) is 0 Å². The summed E-state index contributed by atoms with van der Waals surface area (Å²) in [5.74, 6) is 0. The molecule has 1 saturated heterocycles. The van der Waals surface area contributed by atoms with Gasteiger partial charge in [0.05, 0.1) is 14.0 Å². The lowest BCUT2D eigenvalue weighted by atomic mass is 9.98. The van der Waals surface area contributed by atoms with E-state index in [0.29, 0.717) is 0 Å². The van der Waals surface area contributed by atoms with Crippen molar-refractivity contribution in [3.63, 3.8) is 0 Å². The van der Waals surface area contributed by atoms with Gasteiger partial charge in [-0.3, -0.25) is 0 Å². The van der Waals surface area contributed by atoms with E-state index in [-0.39, 0.29) is 7.09 Å². The van der Waals surface area contributed by atoms with Crippen LogP contribution in [-0.2, 0) is 9.47 Å². The van der Waals surface area contributed by atoms with Gasteiger partial charge < -0.3 is 30.5 Å². The Kier molecular flexibility index (Phi) is 3.09. The van der Waals surface area contributed by atoms with E-state index in [1.165, 1.54) is 0 Å². The summed E-state index contributed by atoms with van der Waals surface area (Å²) in [5, 5.41) is 27.7. The van der Waals surface area contributed by atoms with Gasteiger partial charge in [0.2, 0.25) is 0 Å². The fourth-order valence-corrected chi connectivity index (χ4v) is 1.31. The van der Waals surface area contributed by atoms with Crippen molar-refractivity contribution in [2.24, 2.45) is 5.73 Å². The molecule has 0 saturated carbocycles. The molecule has 1 unspecified atom stereocenters. The van der Waals surface area contributed by atoms with E-state index in [1.54, 1.807) is 0 Å². The molecular weight excluding hydrogens is 178 g/mol. The lowest BCUT2D eigenvalue weighted by Crippen LogP contribution is -2.62. The van der Waals surface area contributed by atoms with Gasteiger partial charge in [0.25, 0.3) is 0 Å². The fraction of sp³-hybridized carbons (Fsp3) is 1.00. The minimum Gasteiger partial charge on any atom is -0.394 e. The fourth-order valence-electron chi connectivity index (χ4n) is 1.31. The minimum atomic E-state index is -1.30. The van der Waals surface area contributed by atoms with E-state index in [1.807, 2.05) is 0 Å². The molecule has 0 amide bonds. The molecule has 5 N–H and O–H groups in total. The van der Waals surface area contributed by atoms with Crippen LogP contribution in [0, 0.1) is 0 Å². The highest BCUT2D eigenvalue weighted by Crippen LogP contribution is 2.20. The maximum absolute atomic E-state index is 9.56. The molecule has 0 aromatic rings. The molecule has 1 heterocycles. The number of hydrogen-bond acceptors (Lipinski definition) is 6. The molecule has 0 radical (unpaired) electrons. The number of nitrogens with two attached hydrogens (primary N) is 1. The van der Waals surface area contributed by atoms with E-state index in [0.717, 1.165) is 0 Å². The molecule has 0 bridgehead atoms. The van der Waals surface area contributed by atoms with Gasteiger partial charge in [0, 0.05) is 7.09 Å². The van der Waals surface area contributed by atoms with Gasteiger partial charge in [-0.25, -0.2) is 0 Å². The Balaban J connectivity index is 2.67. The molecule has 0 aliphatic carbocycles. The number of aliphatic hydroxyl groups excluding tert-OH is 3. The molecule has 1 fully saturated rings. The molecule has 0 spiro atoms. The Morgan fingerprint density at radius 3 is 2.85 bits per heavy atom. The number of aliphatic hydroxyl groups is 3. The lowest BCUT2D eigenvalue weighted by molar-refractivity contribution is -0.253. The maximum atomic E-state index is 9.56. The topological polar surface area (TPSA) is 105 Å². The molecule has 6 nitrogen and oxygen atoms in total. The summed E-state index contributed by atoms with van der Waals surface area (Å²) < 4.78 is 16.5. The van der Waals surface area contributed by atoms with Gasteiger partial charge in [0.15, 0.2) is 6.29 Å². The van der Waals surface area contributed by atoms with Crippen molar-refractivity contribution in [3.8, 4) is 0 Å². The van der Waals surface area contributed by atoms with Crippen LogP contribution in [0.1, 0.15) is 1.37 Å². The molecule has 1 rings (SSSR count). The van der Waals surface area contributed by atoms with Crippen molar-refractivity contribution in [1.29, 1.82) is 0 Å². The third kappa shape index (κ3) is 1.98. The maximum Gasteiger partial charge on any atom is 0.173 e. The van der Waals surface area contributed by atoms with E-state index in [4.69, 9.17) is 21.7 Å². The van der Waals surface area contributed by atoms with E-state index >= 15 is 0 Å². The second-order valence-corrected chi connectivity index (χ2v) is 2.95. The van der Waals surface area contributed by atoms with Crippen LogP contribution in [0.3, 0.4) is 0 Å². The number of ether oxygens (including phenoxy) is 2. The van der Waals surface area contributed by atoms with Crippen LogP contribution in [0.5, 0.6) is 0 Å². The van der Waals surface area contributed by atoms with Crippen LogP contribution >= 0.6 is 0 Å². The standard InChI is InChI=1S/C7H15NO5/c1-12-6-4(8)7(11)13-3(2-9)5(6)10/h3-7,9-11H,2,8H2,1H3/t3-,4+,5-,6-,7?/m1/s1/i1D. The van der Waals surface area contributed by atoms with Crippen molar-refractivity contribution < 1.29 is 26.2 Å². The lowest BCUT2D eigenvalue weighted by Gasteiger charge is -2.39. The molecular formula is C7H15NO5. The second kappa shape index (κ2) is 4.32. The average molecular weight is 194 g/mol. The average Bonchev–Trinajstić information content (AvgIpc) is 2.18. The minimum absolute atomic E-state index is 0.375. The Bertz CT molecular complexity index is 183. The zero-order chi connectivity index (χ0) is 10.7. The smallest absolute Gasteiger partial charge is 0.173 e. The summed E-state index contributed by atoms with van der Waals surface area (Å²) in [5.41, 5.74) is 5.49. The summed E-state index contributed by atoms with van der Waals surface area (Å²) in [4.78, 5) is 0. The van der Waals surface area contributed by atoms with Crippen molar-refractivity contribution in [2.45, 2.75) is 30.6 Å². The quantitative estimate of drug-likeness (QED) is 0.384. The Morgan fingerprint density at radius 1 is 1.62 bits per heavy atom. The van der Waals surface area contributed by atoms with Crippen molar-refractivity contribution in [2.75, 3.05) is 13.7 Å². The molecule has 1 aliphatic rings. The van der Waals surface area contributed by atoms with Crippen LogP contribution in [0.4, 0.5) is 0 Å². The van der Waals surface area contributed by atoms with Crippen LogP contribution in [0.15, 0.2) is 0 Å². The molecule has 6 heteroatoms. The molecule has 13 heavy (non-hydrogen) atoms. The highest BCUT2D eigenvalue weighted by Gasteiger charge is 2.42. The predicted molar refractivity (Wildman–Crippen MR) is 42.7 cm³/mol. The van der Waals surface area contributed by atoms with Crippen LogP contribution < -0.4 is 5.73 Å². The highest BCUT2D eigenvalue weighted by atomic mass is 16.6. The highest BCUT2D eigenvalue weighted by molar-refractivity contribution is 4.91. The van der Waals surface area contributed by atoms with Gasteiger partial charge in [-0.1, -0.05) is 0 Å².